The highest BCUT2D eigenvalue weighted by atomic mass is 16.7. The second-order valence-electron chi connectivity index (χ2n) is 7.93. The van der Waals surface area contributed by atoms with Gasteiger partial charge < -0.3 is 29.5 Å². The van der Waals surface area contributed by atoms with E-state index in [1.165, 1.54) is 11.6 Å². The maximum Gasteiger partial charge on any atom is 0.330 e. The lowest BCUT2D eigenvalue weighted by Crippen LogP contribution is -2.59. The van der Waals surface area contributed by atoms with Crippen LogP contribution in [0.3, 0.4) is 0 Å². The molecule has 1 aliphatic rings. The Hall–Kier alpha value is -1.25. The maximum absolute atomic E-state index is 11.9. The van der Waals surface area contributed by atoms with Crippen LogP contribution in [-0.2, 0) is 19.0 Å². The fourth-order valence-electron chi connectivity index (χ4n) is 2.82. The van der Waals surface area contributed by atoms with Crippen LogP contribution in [0.25, 0.3) is 0 Å². The van der Waals surface area contributed by atoms with Gasteiger partial charge in [-0.25, -0.2) is 4.79 Å². The van der Waals surface area contributed by atoms with E-state index in [4.69, 9.17) is 14.2 Å². The number of aliphatic hydroxyl groups excluding tert-OH is 3. The Morgan fingerprint density at radius 3 is 2.39 bits per heavy atom. The van der Waals surface area contributed by atoms with Gasteiger partial charge in [-0.2, -0.15) is 0 Å². The smallest absolute Gasteiger partial charge is 0.330 e. The number of hydrogen-bond acceptors (Lipinski definition) is 7. The van der Waals surface area contributed by atoms with Crippen molar-refractivity contribution in [3.05, 3.63) is 23.8 Å². The molecule has 0 radical (unpaired) electrons. The Morgan fingerprint density at radius 2 is 1.79 bits per heavy atom. The van der Waals surface area contributed by atoms with E-state index in [2.05, 4.69) is 26.8 Å². The first kappa shape index (κ1) is 24.8. The van der Waals surface area contributed by atoms with E-state index in [-0.39, 0.29) is 12.7 Å². The minimum atomic E-state index is -1.45. The third-order valence-electron chi connectivity index (χ3n) is 4.47. The molecule has 1 fully saturated rings. The Balaban J connectivity index is 2.42. The third kappa shape index (κ3) is 8.84. The van der Waals surface area contributed by atoms with E-state index in [9.17, 15) is 20.1 Å². The van der Waals surface area contributed by atoms with Crippen LogP contribution in [0.2, 0.25) is 0 Å². The summed E-state index contributed by atoms with van der Waals surface area (Å²) in [5.41, 5.74) is 1.30. The summed E-state index contributed by atoms with van der Waals surface area (Å²) in [6.07, 6.45) is 1.64. The van der Waals surface area contributed by atoms with Crippen LogP contribution in [0.5, 0.6) is 0 Å². The summed E-state index contributed by atoms with van der Waals surface area (Å²) >= 11 is 0. The molecule has 1 rings (SSSR count). The van der Waals surface area contributed by atoms with Crippen molar-refractivity contribution in [2.75, 3.05) is 6.61 Å². The van der Waals surface area contributed by atoms with Gasteiger partial charge in [0.25, 0.3) is 0 Å². The zero-order valence-electron chi connectivity index (χ0n) is 17.6. The summed E-state index contributed by atoms with van der Waals surface area (Å²) < 4.78 is 16.0. The molecule has 0 aromatic rings. The van der Waals surface area contributed by atoms with E-state index in [1.807, 2.05) is 0 Å². The number of aliphatic hydroxyl groups is 3. The SMILES string of the molecule is CC(C)=CCC[C@@H](C)C/C=C/C(=O)OC[C@H]1O[C@@H](OC(C)C)[C@H](O)[C@@H](O)[C@@H]1O. The summed E-state index contributed by atoms with van der Waals surface area (Å²) in [6.45, 7) is 9.54. The predicted molar refractivity (Wildman–Crippen MR) is 105 cm³/mol. The van der Waals surface area contributed by atoms with Gasteiger partial charge in [0.2, 0.25) is 0 Å². The highest BCUT2D eigenvalue weighted by Crippen LogP contribution is 2.23. The van der Waals surface area contributed by atoms with Crippen LogP contribution in [0, 0.1) is 5.92 Å². The Labute approximate surface area is 168 Å². The highest BCUT2D eigenvalue weighted by molar-refractivity contribution is 5.81. The van der Waals surface area contributed by atoms with Crippen LogP contribution in [0.1, 0.15) is 53.9 Å². The van der Waals surface area contributed by atoms with E-state index in [0.717, 1.165) is 19.3 Å². The van der Waals surface area contributed by atoms with Gasteiger partial charge in [-0.3, -0.25) is 0 Å². The van der Waals surface area contributed by atoms with Crippen LogP contribution in [-0.4, -0.2) is 64.7 Å². The van der Waals surface area contributed by atoms with Crippen molar-refractivity contribution in [2.45, 2.75) is 90.7 Å². The molecule has 0 aromatic carbocycles. The molecule has 0 bridgehead atoms. The predicted octanol–water partition coefficient (Wildman–Crippen LogP) is 2.09. The molecule has 1 saturated heterocycles. The van der Waals surface area contributed by atoms with Gasteiger partial charge in [0.1, 0.15) is 31.0 Å². The normalized spacial score (nSPS) is 29.1. The van der Waals surface area contributed by atoms with Crippen molar-refractivity contribution >= 4 is 5.97 Å². The Morgan fingerprint density at radius 1 is 1.11 bits per heavy atom. The molecule has 0 spiro atoms. The van der Waals surface area contributed by atoms with Crippen LogP contribution < -0.4 is 0 Å². The van der Waals surface area contributed by atoms with Gasteiger partial charge in [-0.15, -0.1) is 0 Å². The molecule has 7 heteroatoms. The van der Waals surface area contributed by atoms with Gasteiger partial charge >= 0.3 is 5.97 Å². The van der Waals surface area contributed by atoms with Gasteiger partial charge in [-0.05, 0) is 52.9 Å². The van der Waals surface area contributed by atoms with Crippen LogP contribution >= 0.6 is 0 Å². The van der Waals surface area contributed by atoms with Crippen molar-refractivity contribution in [1.29, 1.82) is 0 Å². The van der Waals surface area contributed by atoms with Crippen molar-refractivity contribution in [1.82, 2.24) is 0 Å². The molecule has 1 aliphatic heterocycles. The lowest BCUT2D eigenvalue weighted by Gasteiger charge is -2.40. The van der Waals surface area contributed by atoms with E-state index < -0.39 is 36.7 Å². The Bertz CT molecular complexity index is 525. The molecule has 1 heterocycles. The number of esters is 1. The van der Waals surface area contributed by atoms with Crippen LogP contribution in [0.4, 0.5) is 0 Å². The molecule has 0 aromatic heterocycles. The largest absolute Gasteiger partial charge is 0.460 e. The second-order valence-corrected chi connectivity index (χ2v) is 7.93. The minimum Gasteiger partial charge on any atom is -0.460 e. The highest BCUT2D eigenvalue weighted by Gasteiger charge is 2.45. The molecule has 0 saturated carbocycles. The van der Waals surface area contributed by atoms with Crippen molar-refractivity contribution in [3.63, 3.8) is 0 Å². The number of hydrogen-bond donors (Lipinski definition) is 3. The van der Waals surface area contributed by atoms with Crippen molar-refractivity contribution < 1.29 is 34.3 Å². The van der Waals surface area contributed by atoms with Gasteiger partial charge in [0.05, 0.1) is 6.10 Å². The third-order valence-corrected chi connectivity index (χ3v) is 4.47. The molecular formula is C21H36O7. The number of rotatable bonds is 10. The molecule has 0 unspecified atom stereocenters. The van der Waals surface area contributed by atoms with E-state index in [1.54, 1.807) is 19.9 Å². The first-order valence-electron chi connectivity index (χ1n) is 9.93. The van der Waals surface area contributed by atoms with Gasteiger partial charge in [0, 0.05) is 6.08 Å². The molecular weight excluding hydrogens is 364 g/mol. The maximum atomic E-state index is 11.9. The second kappa shape index (κ2) is 12.3. The van der Waals surface area contributed by atoms with E-state index >= 15 is 0 Å². The minimum absolute atomic E-state index is 0.244. The lowest BCUT2D eigenvalue weighted by molar-refractivity contribution is -0.308. The number of ether oxygens (including phenoxy) is 3. The fraction of sp³-hybridized carbons (Fsp3) is 0.762. The quantitative estimate of drug-likeness (QED) is 0.293. The lowest BCUT2D eigenvalue weighted by atomic mass is 9.99. The number of allylic oxidation sites excluding steroid dienone is 3. The topological polar surface area (TPSA) is 105 Å². The zero-order chi connectivity index (χ0) is 21.3. The number of carbonyl (C=O) groups is 1. The molecule has 28 heavy (non-hydrogen) atoms. The average molecular weight is 401 g/mol. The monoisotopic (exact) mass is 400 g/mol. The first-order chi connectivity index (χ1) is 13.1. The Kier molecular flexibility index (Phi) is 10.9. The molecule has 3 N–H and O–H groups in total. The molecule has 162 valence electrons. The van der Waals surface area contributed by atoms with Gasteiger partial charge in [-0.1, -0.05) is 24.6 Å². The molecule has 7 nitrogen and oxygen atoms in total. The standard InChI is InChI=1S/C21H36O7/c1-13(2)8-6-9-15(5)10-7-11-17(22)26-12-16-18(23)19(24)20(25)21(28-16)27-14(3)4/h7-8,11,14-16,18-21,23-25H,6,9-10,12H2,1-5H3/b11-7+/t15-,16-,18-,19+,20-,21-/m1/s1. The first-order valence-corrected chi connectivity index (χ1v) is 9.93. The summed E-state index contributed by atoms with van der Waals surface area (Å²) in [4.78, 5) is 11.9. The molecule has 0 amide bonds. The summed E-state index contributed by atoms with van der Waals surface area (Å²) in [5, 5.41) is 29.9. The molecule has 0 aliphatic carbocycles. The van der Waals surface area contributed by atoms with Crippen LogP contribution in [0.15, 0.2) is 23.8 Å². The molecule has 6 atom stereocenters. The summed E-state index contributed by atoms with van der Waals surface area (Å²) in [7, 11) is 0. The van der Waals surface area contributed by atoms with Crippen molar-refractivity contribution in [3.8, 4) is 0 Å². The zero-order valence-corrected chi connectivity index (χ0v) is 17.6. The van der Waals surface area contributed by atoms with Gasteiger partial charge in [0.15, 0.2) is 6.29 Å². The summed E-state index contributed by atoms with van der Waals surface area (Å²) in [5.74, 6) is -0.0945. The van der Waals surface area contributed by atoms with E-state index in [0.29, 0.717) is 5.92 Å². The fourth-order valence-corrected chi connectivity index (χ4v) is 2.82. The van der Waals surface area contributed by atoms with Crippen molar-refractivity contribution in [2.24, 2.45) is 5.92 Å². The summed E-state index contributed by atoms with van der Waals surface area (Å²) in [6, 6.07) is 0. The average Bonchev–Trinajstić information content (AvgIpc) is 2.60. The number of carbonyl (C=O) groups excluding carboxylic acids is 1.